The summed E-state index contributed by atoms with van der Waals surface area (Å²) >= 11 is 0. The highest BCUT2D eigenvalue weighted by atomic mass is 16.4. The van der Waals surface area contributed by atoms with Gasteiger partial charge in [0.15, 0.2) is 6.23 Å². The Balaban J connectivity index is 3.10. The summed E-state index contributed by atoms with van der Waals surface area (Å²) in [6.45, 7) is 1.04. The van der Waals surface area contributed by atoms with Crippen LogP contribution in [0.15, 0.2) is 0 Å². The van der Waals surface area contributed by atoms with Crippen molar-refractivity contribution < 1.29 is 34.8 Å². The molecule has 6 atom stereocenters. The van der Waals surface area contributed by atoms with Crippen LogP contribution in [0.1, 0.15) is 6.92 Å². The van der Waals surface area contributed by atoms with Gasteiger partial charge in [-0.05, 0) is 6.92 Å². The number of hydrogen-bond acceptors (Lipinski definition) is 7. The zero-order valence-corrected chi connectivity index (χ0v) is 11.3. The van der Waals surface area contributed by atoms with Crippen LogP contribution in [-0.2, 0) is 14.4 Å². The Hall–Kier alpha value is -1.75. The van der Waals surface area contributed by atoms with Gasteiger partial charge >= 0.3 is 5.97 Å². The predicted molar refractivity (Wildman–Crippen MR) is 67.5 cm³/mol. The molecule has 1 rings (SSSR count). The van der Waals surface area contributed by atoms with Gasteiger partial charge in [0.05, 0.1) is 6.10 Å². The fraction of sp³-hybridized carbons (Fsp3) is 0.727. The molecule has 0 spiro atoms. The van der Waals surface area contributed by atoms with E-state index in [2.05, 4.69) is 5.32 Å². The van der Waals surface area contributed by atoms with E-state index >= 15 is 0 Å². The number of carboxylic acid groups (broad SMARTS) is 1. The summed E-state index contributed by atoms with van der Waals surface area (Å²) in [7, 11) is 0. The Kier molecular flexibility index (Phi) is 5.61. The average molecular weight is 305 g/mol. The van der Waals surface area contributed by atoms with E-state index in [1.807, 2.05) is 0 Å². The number of hydrogen-bond donors (Lipinski definition) is 6. The summed E-state index contributed by atoms with van der Waals surface area (Å²) in [5.41, 5.74) is 5.33. The minimum absolute atomic E-state index is 0.246. The average Bonchev–Trinajstić information content (AvgIpc) is 2.42. The maximum atomic E-state index is 12.2. The number of aliphatic hydroxyl groups excluding tert-OH is 3. The molecule has 1 saturated heterocycles. The van der Waals surface area contributed by atoms with Gasteiger partial charge in [0.1, 0.15) is 18.1 Å². The minimum atomic E-state index is -1.85. The zero-order chi connectivity index (χ0) is 16.3. The second kappa shape index (κ2) is 6.80. The summed E-state index contributed by atoms with van der Waals surface area (Å²) in [6, 6.07) is -2.28. The SMILES string of the molecule is CC1C(C(=O)O)C(O)C(O)C(O)N1C(=O)C(CN)NC=O. The Morgan fingerprint density at radius 2 is 1.90 bits per heavy atom. The number of amides is 2. The van der Waals surface area contributed by atoms with Crippen molar-refractivity contribution >= 4 is 18.3 Å². The van der Waals surface area contributed by atoms with Crippen molar-refractivity contribution in [3.05, 3.63) is 0 Å². The molecule has 10 nitrogen and oxygen atoms in total. The Morgan fingerprint density at radius 1 is 1.33 bits per heavy atom. The lowest BCUT2D eigenvalue weighted by Gasteiger charge is -2.46. The number of likely N-dealkylation sites (tertiary alicyclic amines) is 1. The van der Waals surface area contributed by atoms with Gasteiger partial charge in [-0.2, -0.15) is 0 Å². The molecular formula is C11H19N3O7. The first-order valence-corrected chi connectivity index (χ1v) is 6.26. The maximum absolute atomic E-state index is 12.2. The first-order valence-electron chi connectivity index (χ1n) is 6.26. The van der Waals surface area contributed by atoms with Gasteiger partial charge in [0, 0.05) is 12.6 Å². The molecule has 10 heteroatoms. The fourth-order valence-corrected chi connectivity index (χ4v) is 2.44. The number of piperidine rings is 1. The van der Waals surface area contributed by atoms with E-state index in [0.717, 1.165) is 0 Å². The van der Waals surface area contributed by atoms with Crippen LogP contribution in [0.25, 0.3) is 0 Å². The van der Waals surface area contributed by atoms with Crippen LogP contribution < -0.4 is 11.1 Å². The highest BCUT2D eigenvalue weighted by Crippen LogP contribution is 2.28. The molecule has 0 aromatic rings. The van der Waals surface area contributed by atoms with Crippen LogP contribution in [0.5, 0.6) is 0 Å². The molecule has 1 aliphatic rings. The van der Waals surface area contributed by atoms with Crippen LogP contribution in [0.3, 0.4) is 0 Å². The Morgan fingerprint density at radius 3 is 2.33 bits per heavy atom. The molecule has 7 N–H and O–H groups in total. The van der Waals surface area contributed by atoms with E-state index < -0.39 is 48.3 Å². The van der Waals surface area contributed by atoms with Gasteiger partial charge in [-0.15, -0.1) is 0 Å². The van der Waals surface area contributed by atoms with Crippen molar-refractivity contribution in [2.24, 2.45) is 11.7 Å². The van der Waals surface area contributed by atoms with E-state index in [1.54, 1.807) is 0 Å². The predicted octanol–water partition coefficient (Wildman–Crippen LogP) is -3.97. The molecule has 0 aromatic carbocycles. The molecule has 0 aliphatic carbocycles. The smallest absolute Gasteiger partial charge is 0.311 e. The number of aliphatic hydroxyl groups is 3. The second-order valence-electron chi connectivity index (χ2n) is 4.82. The third-order valence-electron chi connectivity index (χ3n) is 3.61. The standard InChI is InChI=1S/C11H19N3O7/c1-4-6(11(20)21)7(16)8(17)10(19)14(4)9(18)5(2-12)13-3-15/h3-8,10,16-17,19H,2,12H2,1H3,(H,13,15)(H,20,21). The number of rotatable bonds is 5. The second-order valence-corrected chi connectivity index (χ2v) is 4.82. The van der Waals surface area contributed by atoms with E-state index in [0.29, 0.717) is 4.90 Å². The van der Waals surface area contributed by atoms with Crippen molar-refractivity contribution in [1.29, 1.82) is 0 Å². The van der Waals surface area contributed by atoms with E-state index in [-0.39, 0.29) is 13.0 Å². The maximum Gasteiger partial charge on any atom is 0.311 e. The van der Waals surface area contributed by atoms with Gasteiger partial charge in [-0.25, -0.2) is 0 Å². The lowest BCUT2D eigenvalue weighted by atomic mass is 9.84. The van der Waals surface area contributed by atoms with Crippen LogP contribution in [-0.4, -0.2) is 80.7 Å². The number of carboxylic acids is 1. The monoisotopic (exact) mass is 305 g/mol. The van der Waals surface area contributed by atoms with E-state index in [1.165, 1.54) is 6.92 Å². The fourth-order valence-electron chi connectivity index (χ4n) is 2.44. The van der Waals surface area contributed by atoms with Crippen molar-refractivity contribution in [2.45, 2.75) is 37.4 Å². The molecule has 21 heavy (non-hydrogen) atoms. The van der Waals surface area contributed by atoms with Crippen molar-refractivity contribution in [2.75, 3.05) is 6.54 Å². The van der Waals surface area contributed by atoms with Gasteiger partial charge in [-0.3, -0.25) is 14.4 Å². The lowest BCUT2D eigenvalue weighted by Crippen LogP contribution is -2.68. The molecular weight excluding hydrogens is 286 g/mol. The summed E-state index contributed by atoms with van der Waals surface area (Å²) in [6.07, 6.45) is -5.13. The summed E-state index contributed by atoms with van der Waals surface area (Å²) in [4.78, 5) is 34.6. The molecule has 0 bridgehead atoms. The quantitative estimate of drug-likeness (QED) is 0.279. The molecule has 0 aromatic heterocycles. The third kappa shape index (κ3) is 3.13. The molecule has 120 valence electrons. The van der Waals surface area contributed by atoms with Crippen LogP contribution in [0.2, 0.25) is 0 Å². The number of carbonyl (C=O) groups excluding carboxylic acids is 2. The Bertz CT molecular complexity index is 419. The lowest BCUT2D eigenvalue weighted by molar-refractivity contribution is -0.208. The normalized spacial score (nSPS) is 34.1. The highest BCUT2D eigenvalue weighted by Gasteiger charge is 2.51. The minimum Gasteiger partial charge on any atom is -0.481 e. The van der Waals surface area contributed by atoms with Crippen LogP contribution in [0, 0.1) is 5.92 Å². The first-order chi connectivity index (χ1) is 9.77. The summed E-state index contributed by atoms with van der Waals surface area (Å²) in [5.74, 6) is -3.75. The molecule has 0 radical (unpaired) electrons. The molecule has 1 aliphatic heterocycles. The number of carbonyl (C=O) groups is 3. The van der Waals surface area contributed by atoms with Crippen molar-refractivity contribution in [3.63, 3.8) is 0 Å². The van der Waals surface area contributed by atoms with Gasteiger partial charge in [-0.1, -0.05) is 0 Å². The highest BCUT2D eigenvalue weighted by molar-refractivity contribution is 5.85. The number of nitrogens with two attached hydrogens (primary N) is 1. The number of nitrogens with zero attached hydrogens (tertiary/aromatic N) is 1. The largest absolute Gasteiger partial charge is 0.481 e. The topological polar surface area (TPSA) is 173 Å². The number of nitrogens with one attached hydrogen (secondary N) is 1. The van der Waals surface area contributed by atoms with Crippen molar-refractivity contribution in [1.82, 2.24) is 10.2 Å². The zero-order valence-electron chi connectivity index (χ0n) is 11.3. The number of aliphatic carboxylic acids is 1. The van der Waals surface area contributed by atoms with E-state index in [9.17, 15) is 29.7 Å². The van der Waals surface area contributed by atoms with Gasteiger partial charge in [0.25, 0.3) is 0 Å². The van der Waals surface area contributed by atoms with Crippen LogP contribution >= 0.6 is 0 Å². The van der Waals surface area contributed by atoms with Crippen LogP contribution in [0.4, 0.5) is 0 Å². The van der Waals surface area contributed by atoms with Crippen molar-refractivity contribution in [3.8, 4) is 0 Å². The summed E-state index contributed by atoms with van der Waals surface area (Å²) in [5, 5.41) is 40.6. The van der Waals surface area contributed by atoms with Gasteiger partial charge in [0.2, 0.25) is 12.3 Å². The molecule has 1 heterocycles. The first kappa shape index (κ1) is 17.3. The molecule has 0 saturated carbocycles. The van der Waals surface area contributed by atoms with E-state index in [4.69, 9.17) is 10.8 Å². The molecule has 2 amide bonds. The molecule has 6 unspecified atom stereocenters. The molecule has 1 fully saturated rings. The van der Waals surface area contributed by atoms with Gasteiger partial charge < -0.3 is 36.4 Å². The summed E-state index contributed by atoms with van der Waals surface area (Å²) < 4.78 is 0. The Labute approximate surface area is 120 Å². The third-order valence-corrected chi connectivity index (χ3v) is 3.61.